The van der Waals surface area contributed by atoms with Crippen molar-refractivity contribution in [3.8, 4) is 0 Å². The van der Waals surface area contributed by atoms with Crippen molar-refractivity contribution < 1.29 is 35.9 Å². The zero-order valence-electron chi connectivity index (χ0n) is 24.6. The van der Waals surface area contributed by atoms with Crippen molar-refractivity contribution in [2.24, 2.45) is 11.8 Å². The van der Waals surface area contributed by atoms with E-state index in [1.807, 2.05) is 74.5 Å². The number of nitrogens with zero attached hydrogens (tertiary/aromatic N) is 2. The van der Waals surface area contributed by atoms with Crippen LogP contribution in [0.1, 0.15) is 54.0 Å². The van der Waals surface area contributed by atoms with E-state index in [-0.39, 0.29) is 35.4 Å². The third-order valence-corrected chi connectivity index (χ3v) is 9.02. The highest BCUT2D eigenvalue weighted by molar-refractivity contribution is 5.80. The summed E-state index contributed by atoms with van der Waals surface area (Å²) < 4.78 is 88.2. The van der Waals surface area contributed by atoms with Crippen LogP contribution in [0.15, 0.2) is 78.9 Å². The SMILES string of the molecule is CCN(CC)C(=O)[C@@H]1CN2CC[C@@H]1[C@H](OCc1cc(C(F)(F)F)cc(C(F)(F)F)c1)[C@H]2C(c1ccccc1)c1ccccc1. The Morgan fingerprint density at radius 2 is 1.39 bits per heavy atom. The Hall–Kier alpha value is -3.37. The Kier molecular flexibility index (Phi) is 9.41. The second-order valence-corrected chi connectivity index (χ2v) is 11.5. The lowest BCUT2D eigenvalue weighted by Crippen LogP contribution is -2.66. The smallest absolute Gasteiger partial charge is 0.372 e. The van der Waals surface area contributed by atoms with Gasteiger partial charge in [0.25, 0.3) is 0 Å². The number of rotatable bonds is 9. The number of piperidine rings is 3. The number of hydrogen-bond acceptors (Lipinski definition) is 3. The molecule has 236 valence electrons. The molecular weight excluding hydrogens is 582 g/mol. The molecule has 0 saturated carbocycles. The minimum atomic E-state index is -4.96. The van der Waals surface area contributed by atoms with E-state index < -0.39 is 42.1 Å². The largest absolute Gasteiger partial charge is 0.416 e. The molecule has 1 unspecified atom stereocenters. The predicted molar refractivity (Wildman–Crippen MR) is 155 cm³/mol. The van der Waals surface area contributed by atoms with Gasteiger partial charge in [0.05, 0.1) is 29.8 Å². The van der Waals surface area contributed by atoms with E-state index in [9.17, 15) is 31.1 Å². The predicted octanol–water partition coefficient (Wildman–Crippen LogP) is 7.63. The zero-order chi connectivity index (χ0) is 31.6. The fraction of sp³-hybridized carbons (Fsp3) is 0.441. The van der Waals surface area contributed by atoms with Gasteiger partial charge in [-0.05, 0) is 61.7 Å². The van der Waals surface area contributed by atoms with Gasteiger partial charge in [0.1, 0.15) is 0 Å². The van der Waals surface area contributed by atoms with Crippen molar-refractivity contribution in [1.29, 1.82) is 0 Å². The quantitative estimate of drug-likeness (QED) is 0.231. The van der Waals surface area contributed by atoms with Gasteiger partial charge < -0.3 is 9.64 Å². The van der Waals surface area contributed by atoms with Gasteiger partial charge in [-0.25, -0.2) is 0 Å². The minimum absolute atomic E-state index is 0.00820. The van der Waals surface area contributed by atoms with E-state index in [2.05, 4.69) is 4.90 Å². The van der Waals surface area contributed by atoms with Crippen molar-refractivity contribution in [2.75, 3.05) is 26.2 Å². The maximum absolute atomic E-state index is 13.7. The van der Waals surface area contributed by atoms with E-state index >= 15 is 0 Å². The average Bonchev–Trinajstić information content (AvgIpc) is 3.01. The lowest BCUT2D eigenvalue weighted by molar-refractivity contribution is -0.167. The first kappa shape index (κ1) is 32.0. The summed E-state index contributed by atoms with van der Waals surface area (Å²) in [6.07, 6.45) is -9.91. The summed E-state index contributed by atoms with van der Waals surface area (Å²) in [5, 5.41) is 0. The number of halogens is 6. The van der Waals surface area contributed by atoms with Crippen LogP contribution in [0.5, 0.6) is 0 Å². The van der Waals surface area contributed by atoms with E-state index in [0.29, 0.717) is 32.6 Å². The summed E-state index contributed by atoms with van der Waals surface area (Å²) in [7, 11) is 0. The molecule has 3 aliphatic heterocycles. The molecule has 0 aliphatic carbocycles. The van der Waals surface area contributed by atoms with Gasteiger partial charge in [0, 0.05) is 37.5 Å². The first-order chi connectivity index (χ1) is 20.9. The Morgan fingerprint density at radius 3 is 1.86 bits per heavy atom. The van der Waals surface area contributed by atoms with Crippen LogP contribution in [-0.2, 0) is 28.5 Å². The van der Waals surface area contributed by atoms with Gasteiger partial charge in [-0.2, -0.15) is 26.3 Å². The number of carbonyl (C=O) groups excluding carboxylic acids is 1. The normalized spacial score (nSPS) is 23.6. The van der Waals surface area contributed by atoms with Crippen LogP contribution < -0.4 is 0 Å². The second-order valence-electron chi connectivity index (χ2n) is 11.5. The molecule has 3 aromatic carbocycles. The molecule has 0 aromatic heterocycles. The number of amides is 1. The van der Waals surface area contributed by atoms with E-state index in [1.165, 1.54) is 0 Å². The molecule has 2 bridgehead atoms. The van der Waals surface area contributed by atoms with Crippen LogP contribution in [-0.4, -0.2) is 54.0 Å². The van der Waals surface area contributed by atoms with Crippen molar-refractivity contribution in [3.05, 3.63) is 107 Å². The third kappa shape index (κ3) is 6.66. The van der Waals surface area contributed by atoms with Crippen LogP contribution in [0.4, 0.5) is 26.3 Å². The lowest BCUT2D eigenvalue weighted by atomic mass is 9.67. The van der Waals surface area contributed by atoms with Crippen LogP contribution in [0, 0.1) is 11.8 Å². The summed E-state index contributed by atoms with van der Waals surface area (Å²) in [6.45, 7) is 5.64. The van der Waals surface area contributed by atoms with Gasteiger partial charge in [-0.1, -0.05) is 60.7 Å². The minimum Gasteiger partial charge on any atom is -0.372 e. The molecule has 3 fully saturated rings. The summed E-state index contributed by atoms with van der Waals surface area (Å²) in [6, 6.07) is 20.9. The van der Waals surface area contributed by atoms with Crippen LogP contribution in [0.3, 0.4) is 0 Å². The van der Waals surface area contributed by atoms with Gasteiger partial charge in [-0.15, -0.1) is 0 Å². The maximum atomic E-state index is 13.7. The molecule has 0 N–H and O–H groups in total. The number of fused-ring (bicyclic) bond motifs is 3. The highest BCUT2D eigenvalue weighted by atomic mass is 19.4. The number of carbonyl (C=O) groups is 1. The first-order valence-corrected chi connectivity index (χ1v) is 14.9. The molecule has 3 heterocycles. The van der Waals surface area contributed by atoms with E-state index in [4.69, 9.17) is 4.74 Å². The standard InChI is InChI=1S/C34H36F6N2O2/c1-3-41(4-2)32(43)28-20-42-16-15-27(28)31(30(42)29(23-11-7-5-8-12-23)24-13-9-6-10-14-24)44-21-22-17-25(33(35,36)37)19-26(18-22)34(38,39)40/h5-14,17-19,27-31H,3-4,15-16,20-21H2,1-2H3/t27-,28+,30+,31-/m0/s1. The highest BCUT2D eigenvalue weighted by Crippen LogP contribution is 2.46. The summed E-state index contributed by atoms with van der Waals surface area (Å²) >= 11 is 0. The average molecular weight is 619 g/mol. The number of alkyl halides is 6. The molecule has 3 saturated heterocycles. The van der Waals surface area contributed by atoms with Gasteiger partial charge in [0.15, 0.2) is 0 Å². The number of ether oxygens (including phenoxy) is 1. The highest BCUT2D eigenvalue weighted by Gasteiger charge is 2.53. The first-order valence-electron chi connectivity index (χ1n) is 14.9. The molecule has 44 heavy (non-hydrogen) atoms. The van der Waals surface area contributed by atoms with E-state index in [1.54, 1.807) is 4.90 Å². The van der Waals surface area contributed by atoms with Crippen LogP contribution in [0.25, 0.3) is 0 Å². The van der Waals surface area contributed by atoms with E-state index in [0.717, 1.165) is 23.3 Å². The van der Waals surface area contributed by atoms with Gasteiger partial charge >= 0.3 is 12.4 Å². The summed E-state index contributed by atoms with van der Waals surface area (Å²) in [5.74, 6) is -0.877. The topological polar surface area (TPSA) is 32.8 Å². The van der Waals surface area contributed by atoms with Crippen molar-refractivity contribution in [3.63, 3.8) is 0 Å². The van der Waals surface area contributed by atoms with Crippen molar-refractivity contribution in [1.82, 2.24) is 9.80 Å². The third-order valence-electron chi connectivity index (χ3n) is 9.02. The fourth-order valence-corrected chi connectivity index (χ4v) is 6.98. The second kappa shape index (κ2) is 12.9. The van der Waals surface area contributed by atoms with Crippen molar-refractivity contribution >= 4 is 5.91 Å². The molecule has 5 atom stereocenters. The summed E-state index contributed by atoms with van der Waals surface area (Å²) in [5.41, 5.74) is -0.954. The lowest BCUT2D eigenvalue weighted by Gasteiger charge is -2.56. The molecular formula is C34H36F6N2O2. The molecule has 6 rings (SSSR count). The Labute approximate surface area is 253 Å². The molecule has 10 heteroatoms. The fourth-order valence-electron chi connectivity index (χ4n) is 6.98. The maximum Gasteiger partial charge on any atom is 0.416 e. The van der Waals surface area contributed by atoms with Gasteiger partial charge in [0.2, 0.25) is 5.91 Å². The Balaban J connectivity index is 1.57. The molecule has 1 amide bonds. The summed E-state index contributed by atoms with van der Waals surface area (Å²) in [4.78, 5) is 17.7. The van der Waals surface area contributed by atoms with Crippen LogP contribution >= 0.6 is 0 Å². The van der Waals surface area contributed by atoms with Crippen LogP contribution in [0.2, 0.25) is 0 Å². The molecule has 3 aliphatic rings. The van der Waals surface area contributed by atoms with Gasteiger partial charge in [-0.3, -0.25) is 9.69 Å². The zero-order valence-corrected chi connectivity index (χ0v) is 24.6. The molecule has 0 spiro atoms. The molecule has 3 aromatic rings. The monoisotopic (exact) mass is 618 g/mol. The molecule has 4 nitrogen and oxygen atoms in total. The Bertz CT molecular complexity index is 1340. The van der Waals surface area contributed by atoms with Crippen molar-refractivity contribution in [2.45, 2.75) is 57.3 Å². The number of hydrogen-bond donors (Lipinski definition) is 0. The number of benzene rings is 3. The Morgan fingerprint density at radius 1 is 0.864 bits per heavy atom. The molecule has 0 radical (unpaired) electrons.